The Morgan fingerprint density at radius 3 is 2.71 bits per heavy atom. The van der Waals surface area contributed by atoms with Gasteiger partial charge in [-0.25, -0.2) is 13.8 Å². The number of methoxy groups -OCH3 is 1. The van der Waals surface area contributed by atoms with E-state index in [4.69, 9.17) is 16.3 Å². The summed E-state index contributed by atoms with van der Waals surface area (Å²) in [6.45, 7) is 0. The maximum absolute atomic E-state index is 12.5. The number of rotatable bonds is 3. The van der Waals surface area contributed by atoms with E-state index in [2.05, 4.69) is 20.9 Å². The standard InChI is InChI=1S/C8H7BrClF2NO/c1-14-7-5(9)2-4(3-10)13-6(7)8(11)12/h2,8H,3H2,1H3. The Kier molecular flexibility index (Phi) is 4.07. The minimum absolute atomic E-state index is 0.0499. The van der Waals surface area contributed by atoms with Crippen LogP contribution in [0.3, 0.4) is 0 Å². The summed E-state index contributed by atoms with van der Waals surface area (Å²) >= 11 is 8.61. The van der Waals surface area contributed by atoms with Crippen LogP contribution in [0.25, 0.3) is 0 Å². The molecule has 1 rings (SSSR count). The van der Waals surface area contributed by atoms with Gasteiger partial charge in [-0.2, -0.15) is 0 Å². The normalized spacial score (nSPS) is 10.7. The summed E-state index contributed by atoms with van der Waals surface area (Å²) in [5.41, 5.74) is -0.00725. The highest BCUT2D eigenvalue weighted by molar-refractivity contribution is 9.10. The molecule has 0 radical (unpaired) electrons. The molecule has 1 heterocycles. The SMILES string of the molecule is COc1c(Br)cc(CCl)nc1C(F)F. The van der Waals surface area contributed by atoms with E-state index in [0.717, 1.165) is 0 Å². The van der Waals surface area contributed by atoms with Crippen LogP contribution >= 0.6 is 27.5 Å². The van der Waals surface area contributed by atoms with Crippen molar-refractivity contribution in [2.45, 2.75) is 12.3 Å². The van der Waals surface area contributed by atoms with Gasteiger partial charge in [0.15, 0.2) is 5.75 Å². The maximum Gasteiger partial charge on any atom is 0.284 e. The molecule has 14 heavy (non-hydrogen) atoms. The zero-order chi connectivity index (χ0) is 10.7. The average Bonchev–Trinajstić information content (AvgIpc) is 2.16. The molecule has 0 saturated carbocycles. The molecule has 6 heteroatoms. The van der Waals surface area contributed by atoms with Gasteiger partial charge in [-0.1, -0.05) is 0 Å². The van der Waals surface area contributed by atoms with Gasteiger partial charge in [0.05, 0.1) is 23.2 Å². The summed E-state index contributed by atoms with van der Waals surface area (Å²) in [7, 11) is 1.31. The molecule has 0 amide bonds. The summed E-state index contributed by atoms with van der Waals surface area (Å²) in [5.74, 6) is 0.136. The largest absolute Gasteiger partial charge is 0.493 e. The van der Waals surface area contributed by atoms with Crippen molar-refractivity contribution in [3.63, 3.8) is 0 Å². The van der Waals surface area contributed by atoms with Crippen molar-refractivity contribution in [2.24, 2.45) is 0 Å². The van der Waals surface area contributed by atoms with E-state index in [9.17, 15) is 8.78 Å². The van der Waals surface area contributed by atoms with Gasteiger partial charge in [-0.15, -0.1) is 11.6 Å². The van der Waals surface area contributed by atoms with Crippen molar-refractivity contribution < 1.29 is 13.5 Å². The lowest BCUT2D eigenvalue weighted by atomic mass is 10.3. The second-order valence-corrected chi connectivity index (χ2v) is 3.57. The Bertz CT molecular complexity index is 335. The predicted octanol–water partition coefficient (Wildman–Crippen LogP) is 3.53. The van der Waals surface area contributed by atoms with Crippen LogP contribution in [0.1, 0.15) is 17.8 Å². The number of pyridine rings is 1. The molecule has 78 valence electrons. The van der Waals surface area contributed by atoms with Crippen LogP contribution in [0.5, 0.6) is 5.75 Å². The fraction of sp³-hybridized carbons (Fsp3) is 0.375. The molecule has 0 aliphatic rings. The number of halogens is 4. The lowest BCUT2D eigenvalue weighted by Crippen LogP contribution is -2.00. The molecular weight excluding hydrogens is 279 g/mol. The molecule has 0 aliphatic heterocycles. The van der Waals surface area contributed by atoms with Crippen LogP contribution in [-0.2, 0) is 5.88 Å². The molecule has 0 spiro atoms. The average molecular weight is 287 g/mol. The third kappa shape index (κ3) is 2.33. The number of nitrogens with zero attached hydrogens (tertiary/aromatic N) is 1. The van der Waals surface area contributed by atoms with E-state index in [1.54, 1.807) is 6.07 Å². The molecule has 0 aromatic carbocycles. The topological polar surface area (TPSA) is 22.1 Å². The Morgan fingerprint density at radius 2 is 2.29 bits per heavy atom. The highest BCUT2D eigenvalue weighted by Crippen LogP contribution is 2.34. The first-order valence-corrected chi connectivity index (χ1v) is 5.00. The fourth-order valence-corrected chi connectivity index (χ4v) is 1.76. The third-order valence-electron chi connectivity index (χ3n) is 1.55. The van der Waals surface area contributed by atoms with Crippen LogP contribution in [0, 0.1) is 0 Å². The summed E-state index contributed by atoms with van der Waals surface area (Å²) in [4.78, 5) is 3.69. The highest BCUT2D eigenvalue weighted by atomic mass is 79.9. The van der Waals surface area contributed by atoms with Gasteiger partial charge >= 0.3 is 0 Å². The predicted molar refractivity (Wildman–Crippen MR) is 53.0 cm³/mol. The molecule has 1 aromatic rings. The molecule has 0 saturated heterocycles. The van der Waals surface area contributed by atoms with E-state index in [1.807, 2.05) is 0 Å². The lowest BCUT2D eigenvalue weighted by molar-refractivity contribution is 0.141. The van der Waals surface area contributed by atoms with E-state index in [-0.39, 0.29) is 11.6 Å². The maximum atomic E-state index is 12.5. The Balaban J connectivity index is 3.28. The minimum Gasteiger partial charge on any atom is -0.493 e. The molecule has 0 bridgehead atoms. The van der Waals surface area contributed by atoms with Crippen LogP contribution in [0.2, 0.25) is 0 Å². The van der Waals surface area contributed by atoms with Gasteiger partial charge in [0, 0.05) is 0 Å². The van der Waals surface area contributed by atoms with E-state index in [0.29, 0.717) is 10.2 Å². The molecule has 0 N–H and O–H groups in total. The van der Waals surface area contributed by atoms with Crippen molar-refractivity contribution in [2.75, 3.05) is 7.11 Å². The van der Waals surface area contributed by atoms with Gasteiger partial charge in [-0.05, 0) is 22.0 Å². The van der Waals surface area contributed by atoms with Crippen molar-refractivity contribution >= 4 is 27.5 Å². The Hall–Kier alpha value is -0.420. The van der Waals surface area contributed by atoms with Crippen LogP contribution in [-0.4, -0.2) is 12.1 Å². The number of hydrogen-bond acceptors (Lipinski definition) is 2. The zero-order valence-corrected chi connectivity index (χ0v) is 9.57. The summed E-state index contributed by atoms with van der Waals surface area (Å²) in [5, 5.41) is 0. The molecule has 0 unspecified atom stereocenters. The van der Waals surface area contributed by atoms with Gasteiger partial charge in [0.1, 0.15) is 5.69 Å². The van der Waals surface area contributed by atoms with E-state index >= 15 is 0 Å². The molecule has 0 fully saturated rings. The molecule has 0 aliphatic carbocycles. The number of hydrogen-bond donors (Lipinski definition) is 0. The smallest absolute Gasteiger partial charge is 0.284 e. The van der Waals surface area contributed by atoms with Gasteiger partial charge in [0.2, 0.25) is 0 Å². The first-order valence-electron chi connectivity index (χ1n) is 3.67. The zero-order valence-electron chi connectivity index (χ0n) is 7.23. The third-order valence-corrected chi connectivity index (χ3v) is 2.42. The van der Waals surface area contributed by atoms with E-state index in [1.165, 1.54) is 7.11 Å². The van der Waals surface area contributed by atoms with Crippen LogP contribution in [0.15, 0.2) is 10.5 Å². The number of aromatic nitrogens is 1. The second kappa shape index (κ2) is 4.89. The van der Waals surface area contributed by atoms with Gasteiger partial charge in [0.25, 0.3) is 6.43 Å². The van der Waals surface area contributed by atoms with Crippen molar-refractivity contribution in [1.29, 1.82) is 0 Å². The van der Waals surface area contributed by atoms with Crippen molar-refractivity contribution in [3.8, 4) is 5.75 Å². The molecular formula is C8H7BrClF2NO. The highest BCUT2D eigenvalue weighted by Gasteiger charge is 2.19. The second-order valence-electron chi connectivity index (χ2n) is 2.45. The summed E-state index contributed by atoms with van der Waals surface area (Å²) in [6, 6.07) is 1.55. The van der Waals surface area contributed by atoms with Crippen molar-refractivity contribution in [3.05, 3.63) is 21.9 Å². The summed E-state index contributed by atoms with van der Waals surface area (Å²) in [6.07, 6.45) is -2.68. The fourth-order valence-electron chi connectivity index (χ4n) is 0.990. The first-order chi connectivity index (χ1) is 6.60. The molecule has 0 atom stereocenters. The van der Waals surface area contributed by atoms with Gasteiger partial charge in [-0.3, -0.25) is 0 Å². The minimum atomic E-state index is -2.68. The van der Waals surface area contributed by atoms with Crippen LogP contribution < -0.4 is 4.74 Å². The van der Waals surface area contributed by atoms with E-state index < -0.39 is 12.1 Å². The van der Waals surface area contributed by atoms with Crippen LogP contribution in [0.4, 0.5) is 8.78 Å². The Labute approximate surface area is 93.4 Å². The summed E-state index contributed by atoms with van der Waals surface area (Å²) < 4.78 is 30.2. The number of alkyl halides is 3. The molecule has 1 aromatic heterocycles. The molecule has 2 nitrogen and oxygen atoms in total. The lowest BCUT2D eigenvalue weighted by Gasteiger charge is -2.10. The quantitative estimate of drug-likeness (QED) is 0.793. The van der Waals surface area contributed by atoms with Crippen molar-refractivity contribution in [1.82, 2.24) is 4.98 Å². The number of ether oxygens (including phenoxy) is 1. The van der Waals surface area contributed by atoms with Gasteiger partial charge < -0.3 is 4.74 Å². The Morgan fingerprint density at radius 1 is 1.64 bits per heavy atom. The first kappa shape index (κ1) is 11.7. The monoisotopic (exact) mass is 285 g/mol.